The number of rotatable bonds is 5. The molecule has 28 heavy (non-hydrogen) atoms. The largest absolute Gasteiger partial charge is 0.471 e. The average Bonchev–Trinajstić information content (AvgIpc) is 2.69. The molecule has 0 aliphatic rings. The normalized spacial score (nSPS) is 13.4. The summed E-state index contributed by atoms with van der Waals surface area (Å²) in [6.07, 6.45) is -4.97. The van der Waals surface area contributed by atoms with Crippen molar-refractivity contribution in [3.8, 4) is 0 Å². The van der Waals surface area contributed by atoms with Crippen molar-refractivity contribution in [2.75, 3.05) is 10.6 Å². The van der Waals surface area contributed by atoms with Crippen LogP contribution in [0.15, 0.2) is 84.9 Å². The molecular formula is C22H19F3N2O. The number of carbonyl (C=O) groups is 1. The number of hydrogen-bond acceptors (Lipinski definition) is 2. The molecule has 1 atom stereocenters. The molecule has 0 spiro atoms. The SMILES string of the molecule is C[C@@](Nc1ccccc1)(c1ccccc1)c1ccccc1NC(=O)C(F)(F)F. The molecule has 3 rings (SSSR count). The van der Waals surface area contributed by atoms with Gasteiger partial charge in [0.25, 0.3) is 0 Å². The van der Waals surface area contributed by atoms with E-state index in [2.05, 4.69) is 5.32 Å². The molecule has 0 heterocycles. The van der Waals surface area contributed by atoms with Crippen LogP contribution < -0.4 is 10.6 Å². The van der Waals surface area contributed by atoms with Crippen molar-refractivity contribution in [2.24, 2.45) is 0 Å². The predicted molar refractivity (Wildman–Crippen MR) is 104 cm³/mol. The molecule has 3 nitrogen and oxygen atoms in total. The first-order valence-corrected chi connectivity index (χ1v) is 8.67. The van der Waals surface area contributed by atoms with Gasteiger partial charge in [-0.25, -0.2) is 0 Å². The minimum Gasteiger partial charge on any atom is -0.372 e. The van der Waals surface area contributed by atoms with Gasteiger partial charge in [-0.15, -0.1) is 0 Å². The van der Waals surface area contributed by atoms with E-state index in [-0.39, 0.29) is 5.69 Å². The molecular weight excluding hydrogens is 365 g/mol. The Kier molecular flexibility index (Phi) is 5.40. The highest BCUT2D eigenvalue weighted by Crippen LogP contribution is 2.37. The molecule has 6 heteroatoms. The zero-order valence-corrected chi connectivity index (χ0v) is 15.1. The van der Waals surface area contributed by atoms with Gasteiger partial charge in [-0.3, -0.25) is 4.79 Å². The molecule has 3 aromatic carbocycles. The average molecular weight is 384 g/mol. The Hall–Kier alpha value is -3.28. The Morgan fingerprint density at radius 2 is 1.32 bits per heavy atom. The van der Waals surface area contributed by atoms with E-state index in [1.807, 2.05) is 72.9 Å². The zero-order valence-electron chi connectivity index (χ0n) is 15.1. The first kappa shape index (κ1) is 19.5. The van der Waals surface area contributed by atoms with Crippen LogP contribution in [-0.2, 0) is 10.3 Å². The quantitative estimate of drug-likeness (QED) is 0.604. The van der Waals surface area contributed by atoms with Crippen LogP contribution in [0, 0.1) is 0 Å². The molecule has 1 amide bonds. The summed E-state index contributed by atoms with van der Waals surface area (Å²) in [6.45, 7) is 1.87. The van der Waals surface area contributed by atoms with Crippen molar-refractivity contribution in [3.63, 3.8) is 0 Å². The summed E-state index contributed by atoms with van der Waals surface area (Å²) in [5.41, 5.74) is 1.36. The smallest absolute Gasteiger partial charge is 0.372 e. The third kappa shape index (κ3) is 4.17. The summed E-state index contributed by atoms with van der Waals surface area (Å²) in [4.78, 5) is 11.6. The molecule has 0 bridgehead atoms. The van der Waals surface area contributed by atoms with Gasteiger partial charge in [0.2, 0.25) is 0 Å². The van der Waals surface area contributed by atoms with E-state index in [4.69, 9.17) is 0 Å². The zero-order chi connectivity index (χ0) is 20.2. The Bertz CT molecular complexity index is 943. The van der Waals surface area contributed by atoms with Gasteiger partial charge >= 0.3 is 12.1 Å². The third-order valence-corrected chi connectivity index (χ3v) is 4.49. The molecule has 3 aromatic rings. The van der Waals surface area contributed by atoms with Crippen molar-refractivity contribution in [3.05, 3.63) is 96.1 Å². The van der Waals surface area contributed by atoms with Crippen LogP contribution >= 0.6 is 0 Å². The molecule has 0 saturated heterocycles. The van der Waals surface area contributed by atoms with E-state index < -0.39 is 17.6 Å². The van der Waals surface area contributed by atoms with Crippen LogP contribution in [0.4, 0.5) is 24.5 Å². The van der Waals surface area contributed by atoms with Crippen LogP contribution in [0.2, 0.25) is 0 Å². The highest BCUT2D eigenvalue weighted by molar-refractivity contribution is 5.96. The number of hydrogen-bond donors (Lipinski definition) is 2. The van der Waals surface area contributed by atoms with Crippen molar-refractivity contribution in [1.29, 1.82) is 0 Å². The van der Waals surface area contributed by atoms with Gasteiger partial charge < -0.3 is 10.6 Å². The van der Waals surface area contributed by atoms with E-state index >= 15 is 0 Å². The number of anilines is 2. The molecule has 0 unspecified atom stereocenters. The van der Waals surface area contributed by atoms with Gasteiger partial charge in [0, 0.05) is 16.9 Å². The van der Waals surface area contributed by atoms with Gasteiger partial charge in [-0.05, 0) is 30.7 Å². The Balaban J connectivity index is 2.10. The van der Waals surface area contributed by atoms with Crippen LogP contribution in [-0.4, -0.2) is 12.1 Å². The number of alkyl halides is 3. The maximum Gasteiger partial charge on any atom is 0.471 e. The molecule has 0 aliphatic carbocycles. The van der Waals surface area contributed by atoms with E-state index in [0.29, 0.717) is 5.56 Å². The number of amides is 1. The highest BCUT2D eigenvalue weighted by atomic mass is 19.4. The standard InChI is InChI=1S/C22H19F3N2O/c1-21(16-10-4-2-5-11-16,27-17-12-6-3-7-13-17)18-14-8-9-15-19(18)26-20(28)22(23,24)25/h2-15,27H,1H3,(H,26,28)/t21-/m1/s1. The fraction of sp³-hybridized carbons (Fsp3) is 0.136. The second-order valence-electron chi connectivity index (χ2n) is 6.48. The van der Waals surface area contributed by atoms with Crippen LogP contribution in [0.3, 0.4) is 0 Å². The first-order chi connectivity index (χ1) is 13.3. The Labute approximate surface area is 161 Å². The lowest BCUT2D eigenvalue weighted by atomic mass is 9.83. The number of halogens is 3. The van der Waals surface area contributed by atoms with E-state index in [9.17, 15) is 18.0 Å². The van der Waals surface area contributed by atoms with Gasteiger partial charge in [0.05, 0.1) is 5.54 Å². The molecule has 144 valence electrons. The van der Waals surface area contributed by atoms with Crippen LogP contribution in [0.25, 0.3) is 0 Å². The summed E-state index contributed by atoms with van der Waals surface area (Å²) >= 11 is 0. The molecule has 0 fully saturated rings. The third-order valence-electron chi connectivity index (χ3n) is 4.49. The van der Waals surface area contributed by atoms with Crippen molar-refractivity contribution >= 4 is 17.3 Å². The van der Waals surface area contributed by atoms with Gasteiger partial charge in [-0.1, -0.05) is 66.7 Å². The Morgan fingerprint density at radius 3 is 1.93 bits per heavy atom. The molecule has 0 saturated carbocycles. The van der Waals surface area contributed by atoms with Crippen LogP contribution in [0.5, 0.6) is 0 Å². The summed E-state index contributed by atoms with van der Waals surface area (Å²) in [7, 11) is 0. The van der Waals surface area contributed by atoms with Crippen molar-refractivity contribution in [2.45, 2.75) is 18.6 Å². The first-order valence-electron chi connectivity index (χ1n) is 8.67. The number of benzene rings is 3. The second kappa shape index (κ2) is 7.76. The van der Waals surface area contributed by atoms with E-state index in [0.717, 1.165) is 11.3 Å². The van der Waals surface area contributed by atoms with Gasteiger partial charge in [-0.2, -0.15) is 13.2 Å². The summed E-state index contributed by atoms with van der Waals surface area (Å²) in [5.74, 6) is -2.00. The maximum atomic E-state index is 12.8. The fourth-order valence-corrected chi connectivity index (χ4v) is 3.10. The molecule has 0 radical (unpaired) electrons. The lowest BCUT2D eigenvalue weighted by molar-refractivity contribution is -0.167. The summed E-state index contributed by atoms with van der Waals surface area (Å²) in [5, 5.41) is 5.42. The Morgan fingerprint density at radius 1 is 0.786 bits per heavy atom. The lowest BCUT2D eigenvalue weighted by Gasteiger charge is -2.35. The lowest BCUT2D eigenvalue weighted by Crippen LogP contribution is -2.36. The number of carbonyl (C=O) groups excluding carboxylic acids is 1. The van der Waals surface area contributed by atoms with Crippen LogP contribution in [0.1, 0.15) is 18.1 Å². The molecule has 0 aliphatic heterocycles. The predicted octanol–water partition coefficient (Wildman–Crippen LogP) is 5.56. The summed E-state index contributed by atoms with van der Waals surface area (Å²) in [6, 6.07) is 25.2. The van der Waals surface area contributed by atoms with Gasteiger partial charge in [0.15, 0.2) is 0 Å². The van der Waals surface area contributed by atoms with E-state index in [1.54, 1.807) is 18.2 Å². The van der Waals surface area contributed by atoms with E-state index in [1.165, 1.54) is 6.07 Å². The van der Waals surface area contributed by atoms with Gasteiger partial charge in [0.1, 0.15) is 0 Å². The number of nitrogens with one attached hydrogen (secondary N) is 2. The molecule has 2 N–H and O–H groups in total. The highest BCUT2D eigenvalue weighted by Gasteiger charge is 2.40. The second-order valence-corrected chi connectivity index (χ2v) is 6.48. The summed E-state index contributed by atoms with van der Waals surface area (Å²) < 4.78 is 38.4. The number of para-hydroxylation sites is 2. The fourth-order valence-electron chi connectivity index (χ4n) is 3.10. The van der Waals surface area contributed by atoms with Crippen molar-refractivity contribution < 1.29 is 18.0 Å². The molecule has 0 aromatic heterocycles. The topological polar surface area (TPSA) is 41.1 Å². The minimum atomic E-state index is -4.97. The minimum absolute atomic E-state index is 0.0969. The monoisotopic (exact) mass is 384 g/mol. The maximum absolute atomic E-state index is 12.8. The van der Waals surface area contributed by atoms with Crippen molar-refractivity contribution in [1.82, 2.24) is 0 Å².